The molecule has 0 aliphatic carbocycles. The number of benzene rings is 1. The van der Waals surface area contributed by atoms with E-state index in [4.69, 9.17) is 4.74 Å². The van der Waals surface area contributed by atoms with Crippen molar-refractivity contribution in [3.05, 3.63) is 28.2 Å². The second-order valence-corrected chi connectivity index (χ2v) is 3.59. The molecular formula is C10H9BrO3. The number of hydrogen-bond donors (Lipinski definition) is 0. The molecule has 0 spiro atoms. The van der Waals surface area contributed by atoms with Crippen molar-refractivity contribution in [1.82, 2.24) is 0 Å². The molecule has 0 amide bonds. The Morgan fingerprint density at radius 3 is 2.43 bits per heavy atom. The zero-order valence-corrected chi connectivity index (χ0v) is 9.42. The summed E-state index contributed by atoms with van der Waals surface area (Å²) in [4.78, 5) is 22.1. The van der Waals surface area contributed by atoms with Gasteiger partial charge < -0.3 is 4.74 Å². The topological polar surface area (TPSA) is 43.4 Å². The zero-order valence-electron chi connectivity index (χ0n) is 7.83. The smallest absolute Gasteiger partial charge is 0.228 e. The molecule has 0 atom stereocenters. The lowest BCUT2D eigenvalue weighted by Crippen LogP contribution is -2.09. The third-order valence-electron chi connectivity index (χ3n) is 1.73. The molecule has 0 radical (unpaired) electrons. The summed E-state index contributed by atoms with van der Waals surface area (Å²) in [5, 5.41) is 0. The highest BCUT2D eigenvalue weighted by molar-refractivity contribution is 9.10. The quantitative estimate of drug-likeness (QED) is 0.616. The zero-order chi connectivity index (χ0) is 10.7. The summed E-state index contributed by atoms with van der Waals surface area (Å²) < 4.78 is 5.66. The van der Waals surface area contributed by atoms with Crippen LogP contribution in [0, 0.1) is 0 Å². The first-order chi connectivity index (χ1) is 6.56. The number of carbonyl (C=O) groups is 2. The molecular weight excluding hydrogens is 248 g/mol. The van der Waals surface area contributed by atoms with Gasteiger partial charge in [0.1, 0.15) is 5.75 Å². The van der Waals surface area contributed by atoms with Crippen LogP contribution in [0.15, 0.2) is 22.7 Å². The lowest BCUT2D eigenvalue weighted by Gasteiger charge is -2.03. The Kier molecular flexibility index (Phi) is 3.41. The Morgan fingerprint density at radius 2 is 2.00 bits per heavy atom. The van der Waals surface area contributed by atoms with Gasteiger partial charge in [-0.25, -0.2) is 0 Å². The molecule has 0 N–H and O–H groups in total. The SMILES string of the molecule is COc1ccc(C(=O)C(C)=O)cc1Br. The minimum atomic E-state index is -0.492. The van der Waals surface area contributed by atoms with Crippen LogP contribution in [0.5, 0.6) is 5.75 Å². The third kappa shape index (κ3) is 2.20. The van der Waals surface area contributed by atoms with E-state index in [1.54, 1.807) is 18.2 Å². The van der Waals surface area contributed by atoms with Crippen LogP contribution in [-0.2, 0) is 4.79 Å². The summed E-state index contributed by atoms with van der Waals surface area (Å²) in [6.45, 7) is 1.25. The first kappa shape index (κ1) is 10.9. The van der Waals surface area contributed by atoms with E-state index in [0.29, 0.717) is 15.8 Å². The Labute approximate surface area is 90.2 Å². The Balaban J connectivity index is 3.09. The fourth-order valence-corrected chi connectivity index (χ4v) is 1.55. The molecule has 0 unspecified atom stereocenters. The maximum Gasteiger partial charge on any atom is 0.228 e. The Bertz CT molecular complexity index is 385. The molecule has 0 aromatic heterocycles. The van der Waals surface area contributed by atoms with Crippen molar-refractivity contribution < 1.29 is 14.3 Å². The van der Waals surface area contributed by atoms with Crippen molar-refractivity contribution >= 4 is 27.5 Å². The Morgan fingerprint density at radius 1 is 1.36 bits per heavy atom. The maximum atomic E-state index is 11.3. The van der Waals surface area contributed by atoms with Crippen molar-refractivity contribution in [2.24, 2.45) is 0 Å². The molecule has 4 heteroatoms. The molecule has 0 heterocycles. The highest BCUT2D eigenvalue weighted by Crippen LogP contribution is 2.25. The van der Waals surface area contributed by atoms with Gasteiger partial charge in [0.2, 0.25) is 5.78 Å². The van der Waals surface area contributed by atoms with Crippen LogP contribution in [0.2, 0.25) is 0 Å². The van der Waals surface area contributed by atoms with E-state index in [1.807, 2.05) is 0 Å². The lowest BCUT2D eigenvalue weighted by atomic mass is 10.1. The predicted octanol–water partition coefficient (Wildman–Crippen LogP) is 2.23. The minimum absolute atomic E-state index is 0.366. The van der Waals surface area contributed by atoms with Gasteiger partial charge in [0.15, 0.2) is 5.78 Å². The van der Waals surface area contributed by atoms with Gasteiger partial charge in [-0.1, -0.05) is 0 Å². The highest BCUT2D eigenvalue weighted by Gasteiger charge is 2.12. The standard InChI is InChI=1S/C10H9BrO3/c1-6(12)10(13)7-3-4-9(14-2)8(11)5-7/h3-5H,1-2H3. The largest absolute Gasteiger partial charge is 0.496 e. The van der Waals surface area contributed by atoms with Crippen LogP contribution in [-0.4, -0.2) is 18.7 Å². The maximum absolute atomic E-state index is 11.3. The second kappa shape index (κ2) is 4.37. The average molecular weight is 257 g/mol. The summed E-state index contributed by atoms with van der Waals surface area (Å²) in [6.07, 6.45) is 0. The number of ether oxygens (including phenoxy) is 1. The van der Waals surface area contributed by atoms with E-state index >= 15 is 0 Å². The van der Waals surface area contributed by atoms with E-state index in [2.05, 4.69) is 15.9 Å². The molecule has 1 aromatic rings. The molecule has 3 nitrogen and oxygen atoms in total. The van der Waals surface area contributed by atoms with E-state index in [9.17, 15) is 9.59 Å². The van der Waals surface area contributed by atoms with Gasteiger partial charge in [0.05, 0.1) is 11.6 Å². The van der Waals surface area contributed by atoms with E-state index in [1.165, 1.54) is 14.0 Å². The van der Waals surface area contributed by atoms with Crippen LogP contribution >= 0.6 is 15.9 Å². The van der Waals surface area contributed by atoms with Crippen LogP contribution in [0.3, 0.4) is 0 Å². The Hall–Kier alpha value is -1.16. The number of halogens is 1. The van der Waals surface area contributed by atoms with E-state index < -0.39 is 11.6 Å². The van der Waals surface area contributed by atoms with Crippen molar-refractivity contribution in [2.45, 2.75) is 6.92 Å². The number of carbonyl (C=O) groups excluding carboxylic acids is 2. The average Bonchev–Trinajstić information content (AvgIpc) is 2.16. The number of Topliss-reactive ketones (excluding diaryl/α,β-unsaturated/α-hetero) is 2. The van der Waals surface area contributed by atoms with Gasteiger partial charge in [0.25, 0.3) is 0 Å². The monoisotopic (exact) mass is 256 g/mol. The van der Waals surface area contributed by atoms with Crippen molar-refractivity contribution in [1.29, 1.82) is 0 Å². The fraction of sp³-hybridized carbons (Fsp3) is 0.200. The van der Waals surface area contributed by atoms with Crippen LogP contribution in [0.1, 0.15) is 17.3 Å². The number of methoxy groups -OCH3 is 1. The molecule has 0 saturated carbocycles. The van der Waals surface area contributed by atoms with E-state index in [-0.39, 0.29) is 0 Å². The van der Waals surface area contributed by atoms with Crippen molar-refractivity contribution in [3.63, 3.8) is 0 Å². The molecule has 0 aliphatic rings. The molecule has 1 rings (SSSR count). The van der Waals surface area contributed by atoms with Gasteiger partial charge >= 0.3 is 0 Å². The number of hydrogen-bond acceptors (Lipinski definition) is 3. The molecule has 1 aromatic carbocycles. The van der Waals surface area contributed by atoms with Gasteiger partial charge in [-0.3, -0.25) is 9.59 Å². The number of ketones is 2. The van der Waals surface area contributed by atoms with Gasteiger partial charge in [-0.15, -0.1) is 0 Å². The molecule has 0 bridgehead atoms. The second-order valence-electron chi connectivity index (χ2n) is 2.73. The summed E-state index contributed by atoms with van der Waals surface area (Å²) >= 11 is 3.24. The van der Waals surface area contributed by atoms with Crippen LogP contribution in [0.4, 0.5) is 0 Å². The molecule has 14 heavy (non-hydrogen) atoms. The molecule has 0 fully saturated rings. The predicted molar refractivity (Wildman–Crippen MR) is 55.7 cm³/mol. The first-order valence-electron chi connectivity index (χ1n) is 3.95. The molecule has 74 valence electrons. The van der Waals surface area contributed by atoms with E-state index in [0.717, 1.165) is 0 Å². The van der Waals surface area contributed by atoms with Gasteiger partial charge in [0, 0.05) is 12.5 Å². The molecule has 0 aliphatic heterocycles. The summed E-state index contributed by atoms with van der Waals surface area (Å²) in [6, 6.07) is 4.77. The van der Waals surface area contributed by atoms with Crippen LogP contribution < -0.4 is 4.74 Å². The summed E-state index contributed by atoms with van der Waals surface area (Å²) in [5.74, 6) is -0.333. The van der Waals surface area contributed by atoms with Gasteiger partial charge in [-0.05, 0) is 34.1 Å². The first-order valence-corrected chi connectivity index (χ1v) is 4.74. The molecule has 0 saturated heterocycles. The van der Waals surface area contributed by atoms with Crippen LogP contribution in [0.25, 0.3) is 0 Å². The number of rotatable bonds is 3. The normalized spacial score (nSPS) is 9.64. The van der Waals surface area contributed by atoms with Crippen molar-refractivity contribution in [3.8, 4) is 5.75 Å². The minimum Gasteiger partial charge on any atom is -0.496 e. The lowest BCUT2D eigenvalue weighted by molar-refractivity contribution is -0.113. The highest BCUT2D eigenvalue weighted by atomic mass is 79.9. The third-order valence-corrected chi connectivity index (χ3v) is 2.35. The summed E-state index contributed by atoms with van der Waals surface area (Å²) in [7, 11) is 1.53. The van der Waals surface area contributed by atoms with Gasteiger partial charge in [-0.2, -0.15) is 0 Å². The van der Waals surface area contributed by atoms with Crippen molar-refractivity contribution in [2.75, 3.05) is 7.11 Å². The fourth-order valence-electron chi connectivity index (χ4n) is 1.01. The summed E-state index contributed by atoms with van der Waals surface area (Å²) in [5.41, 5.74) is 0.366.